The van der Waals surface area contributed by atoms with E-state index in [0.717, 1.165) is 5.57 Å². The smallest absolute Gasteiger partial charge is 0.204 e. The minimum Gasteiger partial charge on any atom is -0.507 e. The number of benzene rings is 2. The second-order valence-electron chi connectivity index (χ2n) is 8.84. The highest BCUT2D eigenvalue weighted by Crippen LogP contribution is 2.49. The quantitative estimate of drug-likeness (QED) is 0.358. The monoisotopic (exact) mass is 434 g/mol. The van der Waals surface area contributed by atoms with Gasteiger partial charge in [-0.2, -0.15) is 0 Å². The molecule has 3 heterocycles. The molecule has 164 valence electrons. The van der Waals surface area contributed by atoms with E-state index < -0.39 is 17.1 Å². The van der Waals surface area contributed by atoms with E-state index in [1.165, 1.54) is 18.2 Å². The van der Waals surface area contributed by atoms with Gasteiger partial charge in [-0.1, -0.05) is 5.57 Å². The van der Waals surface area contributed by atoms with Gasteiger partial charge < -0.3 is 29.2 Å². The van der Waals surface area contributed by atoms with Gasteiger partial charge in [0.25, 0.3) is 0 Å². The zero-order chi connectivity index (χ0) is 22.9. The molecular weight excluding hydrogens is 412 g/mol. The molecule has 3 N–H and O–H groups in total. The summed E-state index contributed by atoms with van der Waals surface area (Å²) in [6.07, 6.45) is 4.61. The van der Waals surface area contributed by atoms with Gasteiger partial charge in [-0.3, -0.25) is 4.79 Å². The SMILES string of the molecule is CC(C)=CC1Oc2cc(O)c(O)cc2-c2oc3c4c(cc(O)c3c(=O)c21)OC(C)(C)C=C4. The topological polar surface area (TPSA) is 109 Å². The molecule has 1 aromatic heterocycles. The normalized spacial score (nSPS) is 17.6. The first-order valence-electron chi connectivity index (χ1n) is 10.2. The van der Waals surface area contributed by atoms with Crippen LogP contribution in [-0.2, 0) is 0 Å². The lowest BCUT2D eigenvalue weighted by atomic mass is 9.93. The van der Waals surface area contributed by atoms with Gasteiger partial charge in [0.05, 0.1) is 16.7 Å². The van der Waals surface area contributed by atoms with Crippen molar-refractivity contribution >= 4 is 17.0 Å². The predicted molar refractivity (Wildman–Crippen MR) is 119 cm³/mol. The zero-order valence-corrected chi connectivity index (χ0v) is 18.0. The van der Waals surface area contributed by atoms with E-state index >= 15 is 0 Å². The fourth-order valence-electron chi connectivity index (χ4n) is 4.11. The minimum atomic E-state index is -0.798. The van der Waals surface area contributed by atoms with Crippen molar-refractivity contribution in [1.82, 2.24) is 0 Å². The average molecular weight is 434 g/mol. The number of hydrogen-bond donors (Lipinski definition) is 3. The summed E-state index contributed by atoms with van der Waals surface area (Å²) >= 11 is 0. The number of phenolic OH excluding ortho intramolecular Hbond substituents is 3. The van der Waals surface area contributed by atoms with Crippen LogP contribution in [0, 0.1) is 0 Å². The molecule has 2 aliphatic heterocycles. The van der Waals surface area contributed by atoms with Crippen LogP contribution < -0.4 is 14.9 Å². The van der Waals surface area contributed by atoms with Crippen LogP contribution in [0.1, 0.15) is 44.9 Å². The van der Waals surface area contributed by atoms with E-state index in [9.17, 15) is 20.1 Å². The molecule has 0 saturated heterocycles. The summed E-state index contributed by atoms with van der Waals surface area (Å²) < 4.78 is 18.2. The molecule has 0 spiro atoms. The molecule has 0 fully saturated rings. The lowest BCUT2D eigenvalue weighted by Gasteiger charge is -2.29. The van der Waals surface area contributed by atoms with Gasteiger partial charge in [-0.25, -0.2) is 0 Å². The molecule has 0 aliphatic carbocycles. The molecule has 3 aromatic rings. The molecule has 7 heteroatoms. The summed E-state index contributed by atoms with van der Waals surface area (Å²) in [6.45, 7) is 7.49. The van der Waals surface area contributed by atoms with Gasteiger partial charge in [-0.05, 0) is 52.0 Å². The Balaban J connectivity index is 1.91. The van der Waals surface area contributed by atoms with E-state index in [1.54, 1.807) is 12.2 Å². The third-order valence-corrected chi connectivity index (χ3v) is 5.55. The molecular formula is C25H22O7. The largest absolute Gasteiger partial charge is 0.507 e. The summed E-state index contributed by atoms with van der Waals surface area (Å²) in [5, 5.41) is 30.8. The van der Waals surface area contributed by atoms with Gasteiger partial charge in [0.15, 0.2) is 17.1 Å². The summed E-state index contributed by atoms with van der Waals surface area (Å²) in [5.74, 6) is -0.110. The van der Waals surface area contributed by atoms with Crippen molar-refractivity contribution in [3.8, 4) is 40.1 Å². The highest BCUT2D eigenvalue weighted by atomic mass is 16.5. The van der Waals surface area contributed by atoms with Crippen LogP contribution in [0.2, 0.25) is 0 Å². The van der Waals surface area contributed by atoms with E-state index in [4.69, 9.17) is 13.9 Å². The van der Waals surface area contributed by atoms with Gasteiger partial charge in [0.2, 0.25) is 5.43 Å². The summed E-state index contributed by atoms with van der Waals surface area (Å²) in [6, 6.07) is 4.00. The van der Waals surface area contributed by atoms with Crippen molar-refractivity contribution in [3.63, 3.8) is 0 Å². The Hall–Kier alpha value is -3.87. The Kier molecular flexibility index (Phi) is 4.11. The van der Waals surface area contributed by atoms with E-state index in [-0.39, 0.29) is 45.3 Å². The highest BCUT2D eigenvalue weighted by Gasteiger charge is 2.34. The summed E-state index contributed by atoms with van der Waals surface area (Å²) in [7, 11) is 0. The lowest BCUT2D eigenvalue weighted by Crippen LogP contribution is -2.28. The van der Waals surface area contributed by atoms with Crippen molar-refractivity contribution in [3.05, 3.63) is 57.3 Å². The molecule has 32 heavy (non-hydrogen) atoms. The Morgan fingerprint density at radius 2 is 1.72 bits per heavy atom. The first-order valence-corrected chi connectivity index (χ1v) is 10.2. The second kappa shape index (κ2) is 6.56. The number of rotatable bonds is 1. The molecule has 1 unspecified atom stereocenters. The standard InChI is InChI=1S/C25H22O7/c1-11(2)7-19-21-22(29)20-16(28)10-18-12(5-6-25(3,4)32-18)23(20)31-24(21)13-8-14(26)15(27)9-17(13)30-19/h5-10,19,26-28H,1-4H3. The average Bonchev–Trinajstić information content (AvgIpc) is 2.67. The number of ether oxygens (including phenoxy) is 2. The predicted octanol–water partition coefficient (Wildman–Crippen LogP) is 5.16. The third-order valence-electron chi connectivity index (χ3n) is 5.55. The van der Waals surface area contributed by atoms with Gasteiger partial charge in [-0.15, -0.1) is 0 Å². The highest BCUT2D eigenvalue weighted by molar-refractivity contribution is 5.95. The fraction of sp³-hybridized carbons (Fsp3) is 0.240. The first-order chi connectivity index (χ1) is 15.1. The van der Waals surface area contributed by atoms with Crippen LogP contribution >= 0.6 is 0 Å². The van der Waals surface area contributed by atoms with E-state index in [1.807, 2.05) is 33.8 Å². The molecule has 5 rings (SSSR count). The lowest BCUT2D eigenvalue weighted by molar-refractivity contribution is 0.158. The van der Waals surface area contributed by atoms with Crippen molar-refractivity contribution in [2.24, 2.45) is 0 Å². The minimum absolute atomic E-state index is 0.0256. The number of hydrogen-bond acceptors (Lipinski definition) is 7. The maximum Gasteiger partial charge on any atom is 0.204 e. The molecule has 0 amide bonds. The number of allylic oxidation sites excluding steroid dienone is 1. The van der Waals surface area contributed by atoms with Crippen LogP contribution in [-0.4, -0.2) is 20.9 Å². The number of aromatic hydroxyl groups is 3. The van der Waals surface area contributed by atoms with Crippen molar-refractivity contribution in [2.45, 2.75) is 39.4 Å². The Labute approximate surface area is 183 Å². The maximum absolute atomic E-state index is 13.7. The first kappa shape index (κ1) is 20.1. The second-order valence-corrected chi connectivity index (χ2v) is 8.84. The van der Waals surface area contributed by atoms with Crippen molar-refractivity contribution in [1.29, 1.82) is 0 Å². The Morgan fingerprint density at radius 3 is 2.44 bits per heavy atom. The van der Waals surface area contributed by atoms with E-state index in [0.29, 0.717) is 16.9 Å². The molecule has 0 radical (unpaired) electrons. The van der Waals surface area contributed by atoms with Gasteiger partial charge in [0.1, 0.15) is 40.1 Å². The van der Waals surface area contributed by atoms with Crippen molar-refractivity contribution < 1.29 is 29.2 Å². The molecule has 0 saturated carbocycles. The molecule has 7 nitrogen and oxygen atoms in total. The summed E-state index contributed by atoms with van der Waals surface area (Å²) in [4.78, 5) is 13.7. The molecule has 1 atom stereocenters. The Morgan fingerprint density at radius 1 is 1.03 bits per heavy atom. The van der Waals surface area contributed by atoms with Crippen molar-refractivity contribution in [2.75, 3.05) is 0 Å². The summed E-state index contributed by atoms with van der Waals surface area (Å²) in [5.41, 5.74) is 1.11. The Bertz CT molecular complexity index is 1420. The van der Waals surface area contributed by atoms with Crippen LogP contribution in [0.3, 0.4) is 0 Å². The van der Waals surface area contributed by atoms with E-state index in [2.05, 4.69) is 0 Å². The van der Waals surface area contributed by atoms with Gasteiger partial charge >= 0.3 is 0 Å². The number of phenols is 3. The number of fused-ring (bicyclic) bond motifs is 6. The maximum atomic E-state index is 13.7. The van der Waals surface area contributed by atoms with Crippen LogP contribution in [0.5, 0.6) is 28.7 Å². The van der Waals surface area contributed by atoms with Crippen LogP contribution in [0.15, 0.2) is 45.1 Å². The van der Waals surface area contributed by atoms with Crippen LogP contribution in [0.25, 0.3) is 28.4 Å². The van der Waals surface area contributed by atoms with Gasteiger partial charge in [0, 0.05) is 12.1 Å². The fourth-order valence-corrected chi connectivity index (χ4v) is 4.11. The molecule has 2 aromatic carbocycles. The zero-order valence-electron chi connectivity index (χ0n) is 18.0. The molecule has 0 bridgehead atoms. The van der Waals surface area contributed by atoms with Crippen LogP contribution in [0.4, 0.5) is 0 Å². The molecule has 2 aliphatic rings. The third kappa shape index (κ3) is 2.92.